The first-order valence-electron chi connectivity index (χ1n) is 4.98. The van der Waals surface area contributed by atoms with E-state index in [4.69, 9.17) is 0 Å². The second-order valence-corrected chi connectivity index (χ2v) is 4.46. The van der Waals surface area contributed by atoms with E-state index >= 15 is 0 Å². The Hall–Kier alpha value is -1.81. The van der Waals surface area contributed by atoms with Gasteiger partial charge in [0.25, 0.3) is 0 Å². The molecule has 0 amide bonds. The number of nitroso groups, excluding NO2 is 1. The molecule has 16 heavy (non-hydrogen) atoms. The Morgan fingerprint density at radius 3 is 2.81 bits per heavy atom. The van der Waals surface area contributed by atoms with Gasteiger partial charge in [-0.1, -0.05) is 41.7 Å². The summed E-state index contributed by atoms with van der Waals surface area (Å²) >= 11 is 1.45. The van der Waals surface area contributed by atoms with Crippen molar-refractivity contribution in [3.05, 3.63) is 57.8 Å². The fourth-order valence-electron chi connectivity index (χ4n) is 1.76. The van der Waals surface area contributed by atoms with Crippen molar-refractivity contribution in [2.45, 2.75) is 6.17 Å². The molecule has 2 heterocycles. The van der Waals surface area contributed by atoms with Gasteiger partial charge in [-0.05, 0) is 11.4 Å². The van der Waals surface area contributed by atoms with E-state index in [9.17, 15) is 4.91 Å². The Kier molecular flexibility index (Phi) is 2.15. The fourth-order valence-corrected chi connectivity index (χ4v) is 2.56. The molecule has 1 aromatic carbocycles. The van der Waals surface area contributed by atoms with Crippen LogP contribution in [0.4, 0.5) is 5.00 Å². The SMILES string of the molecule is O=[N+]1c2sccc2C=NC1c1ccccc1. The van der Waals surface area contributed by atoms with Gasteiger partial charge >= 0.3 is 11.2 Å². The Morgan fingerprint density at radius 1 is 1.19 bits per heavy atom. The van der Waals surface area contributed by atoms with Gasteiger partial charge in [0, 0.05) is 16.7 Å². The molecule has 3 rings (SSSR count). The highest BCUT2D eigenvalue weighted by atomic mass is 32.1. The van der Waals surface area contributed by atoms with E-state index in [0.717, 1.165) is 20.9 Å². The average Bonchev–Trinajstić information content (AvgIpc) is 2.80. The summed E-state index contributed by atoms with van der Waals surface area (Å²) in [5, 5.41) is 2.65. The van der Waals surface area contributed by atoms with Crippen LogP contribution in [0, 0.1) is 4.91 Å². The minimum absolute atomic E-state index is 0.438. The summed E-state index contributed by atoms with van der Waals surface area (Å²) < 4.78 is 0.981. The third kappa shape index (κ3) is 1.39. The van der Waals surface area contributed by atoms with Crippen LogP contribution < -0.4 is 0 Å². The number of nitrogens with zero attached hydrogens (tertiary/aromatic N) is 2. The van der Waals surface area contributed by atoms with Gasteiger partial charge in [0.2, 0.25) is 0 Å². The maximum absolute atomic E-state index is 12.1. The van der Waals surface area contributed by atoms with E-state index in [1.807, 2.05) is 41.8 Å². The second-order valence-electron chi connectivity index (χ2n) is 3.57. The summed E-state index contributed by atoms with van der Waals surface area (Å²) in [6, 6.07) is 11.5. The monoisotopic (exact) mass is 229 g/mol. The van der Waals surface area contributed by atoms with Crippen molar-refractivity contribution in [3.8, 4) is 0 Å². The molecule has 3 nitrogen and oxygen atoms in total. The molecule has 0 N–H and O–H groups in total. The van der Waals surface area contributed by atoms with Crippen molar-refractivity contribution in [3.63, 3.8) is 0 Å². The van der Waals surface area contributed by atoms with Crippen molar-refractivity contribution < 1.29 is 4.76 Å². The van der Waals surface area contributed by atoms with E-state index in [0.29, 0.717) is 0 Å². The minimum Gasteiger partial charge on any atom is -0.216 e. The highest BCUT2D eigenvalue weighted by molar-refractivity contribution is 7.13. The highest BCUT2D eigenvalue weighted by Crippen LogP contribution is 2.35. The van der Waals surface area contributed by atoms with Crippen LogP contribution in [0.25, 0.3) is 0 Å². The Labute approximate surface area is 96.7 Å². The normalized spacial score (nSPS) is 18.5. The van der Waals surface area contributed by atoms with Gasteiger partial charge < -0.3 is 0 Å². The number of aliphatic imine (C=N–C) groups is 1. The molecule has 0 spiro atoms. The largest absolute Gasteiger partial charge is 0.326 e. The quantitative estimate of drug-likeness (QED) is 0.690. The third-order valence-electron chi connectivity index (χ3n) is 2.55. The molecule has 0 saturated carbocycles. The average molecular weight is 229 g/mol. The van der Waals surface area contributed by atoms with Crippen LogP contribution in [0.5, 0.6) is 0 Å². The van der Waals surface area contributed by atoms with Crippen LogP contribution >= 0.6 is 11.3 Å². The lowest BCUT2D eigenvalue weighted by atomic mass is 10.1. The van der Waals surface area contributed by atoms with Crippen LogP contribution in [0.1, 0.15) is 17.3 Å². The number of benzene rings is 1. The van der Waals surface area contributed by atoms with E-state index in [1.165, 1.54) is 11.3 Å². The molecular weight excluding hydrogens is 220 g/mol. The molecular formula is C12H9N2OS+. The van der Waals surface area contributed by atoms with Gasteiger partial charge in [-0.15, -0.1) is 0 Å². The lowest BCUT2D eigenvalue weighted by Crippen LogP contribution is -2.13. The van der Waals surface area contributed by atoms with Gasteiger partial charge in [-0.25, -0.2) is 4.99 Å². The number of hydrogen-bond donors (Lipinski definition) is 0. The molecule has 1 aliphatic rings. The molecule has 0 saturated heterocycles. The van der Waals surface area contributed by atoms with Gasteiger partial charge in [-0.2, -0.15) is 0 Å². The van der Waals surface area contributed by atoms with Crippen molar-refractivity contribution in [2.75, 3.05) is 0 Å². The maximum atomic E-state index is 12.1. The summed E-state index contributed by atoms with van der Waals surface area (Å²) in [4.78, 5) is 16.4. The number of fused-ring (bicyclic) bond motifs is 1. The molecule has 2 aromatic rings. The first kappa shape index (κ1) is 9.42. The molecule has 0 aliphatic carbocycles. The topological polar surface area (TPSA) is 32.4 Å². The minimum atomic E-state index is -0.438. The van der Waals surface area contributed by atoms with E-state index in [2.05, 4.69) is 4.99 Å². The van der Waals surface area contributed by atoms with Gasteiger partial charge in [-0.3, -0.25) is 0 Å². The van der Waals surface area contributed by atoms with Crippen LogP contribution in [-0.4, -0.2) is 11.0 Å². The van der Waals surface area contributed by atoms with Crippen molar-refractivity contribution in [2.24, 2.45) is 4.99 Å². The maximum Gasteiger partial charge on any atom is 0.326 e. The second kappa shape index (κ2) is 3.64. The first-order chi connectivity index (χ1) is 7.86. The summed E-state index contributed by atoms with van der Waals surface area (Å²) in [6.45, 7) is 0. The molecule has 1 aromatic heterocycles. The summed E-state index contributed by atoms with van der Waals surface area (Å²) in [6.07, 6.45) is 1.34. The lowest BCUT2D eigenvalue weighted by Gasteiger charge is -2.07. The molecule has 1 unspecified atom stereocenters. The van der Waals surface area contributed by atoms with E-state index in [-0.39, 0.29) is 0 Å². The Morgan fingerprint density at radius 2 is 2.00 bits per heavy atom. The molecule has 78 valence electrons. The zero-order valence-corrected chi connectivity index (χ0v) is 9.22. The summed E-state index contributed by atoms with van der Waals surface area (Å²) in [5.41, 5.74) is 1.83. The molecule has 1 aliphatic heterocycles. The number of rotatable bonds is 1. The zero-order valence-electron chi connectivity index (χ0n) is 8.41. The van der Waals surface area contributed by atoms with Crippen LogP contribution in [0.3, 0.4) is 0 Å². The van der Waals surface area contributed by atoms with Gasteiger partial charge in [0.05, 0.1) is 10.3 Å². The predicted molar refractivity (Wildman–Crippen MR) is 64.4 cm³/mol. The number of hydrogen-bond acceptors (Lipinski definition) is 3. The molecule has 4 heteroatoms. The predicted octanol–water partition coefficient (Wildman–Crippen LogP) is 3.29. The zero-order chi connectivity index (χ0) is 11.0. The van der Waals surface area contributed by atoms with E-state index < -0.39 is 6.17 Å². The standard InChI is InChI=1S/C12H9N2OS/c15-14-11(9-4-2-1-3-5-9)13-8-10-6-7-16-12(10)14/h1-8,11H/q+1. The highest BCUT2D eigenvalue weighted by Gasteiger charge is 2.34. The summed E-state index contributed by atoms with van der Waals surface area (Å²) in [7, 11) is 0. The number of thiophene rings is 1. The van der Waals surface area contributed by atoms with Crippen molar-refractivity contribution >= 4 is 22.6 Å². The van der Waals surface area contributed by atoms with E-state index in [1.54, 1.807) is 6.21 Å². The van der Waals surface area contributed by atoms with Crippen LogP contribution in [0.2, 0.25) is 0 Å². The molecule has 0 radical (unpaired) electrons. The van der Waals surface area contributed by atoms with Gasteiger partial charge in [0.1, 0.15) is 0 Å². The van der Waals surface area contributed by atoms with Crippen LogP contribution in [-0.2, 0) is 0 Å². The molecule has 1 atom stereocenters. The molecule has 0 bridgehead atoms. The smallest absolute Gasteiger partial charge is 0.216 e. The van der Waals surface area contributed by atoms with Gasteiger partial charge in [0.15, 0.2) is 0 Å². The first-order valence-corrected chi connectivity index (χ1v) is 5.86. The van der Waals surface area contributed by atoms with Crippen molar-refractivity contribution in [1.82, 2.24) is 0 Å². The Bertz CT molecular complexity index is 559. The van der Waals surface area contributed by atoms with Crippen LogP contribution in [0.15, 0.2) is 46.8 Å². The Balaban J connectivity index is 2.05. The fraction of sp³-hybridized carbons (Fsp3) is 0.0833. The third-order valence-corrected chi connectivity index (χ3v) is 3.46. The molecule has 0 fully saturated rings. The summed E-state index contributed by atoms with van der Waals surface area (Å²) in [5.74, 6) is 0. The van der Waals surface area contributed by atoms with Crippen molar-refractivity contribution in [1.29, 1.82) is 0 Å². The lowest BCUT2D eigenvalue weighted by molar-refractivity contribution is -0.508.